The number of carbonyl (C=O) groups excluding carboxylic acids is 1. The maximum atomic E-state index is 12.2. The van der Waals surface area contributed by atoms with Crippen LogP contribution in [-0.2, 0) is 12.8 Å². The van der Waals surface area contributed by atoms with Gasteiger partial charge in [0.15, 0.2) is 0 Å². The van der Waals surface area contributed by atoms with Crippen LogP contribution in [0.15, 0.2) is 5.38 Å². The highest BCUT2D eigenvalue weighted by Crippen LogP contribution is 2.32. The predicted octanol–water partition coefficient (Wildman–Crippen LogP) is 3.02. The fraction of sp³-hybridized carbons (Fsp3) is 0.667. The van der Waals surface area contributed by atoms with Crippen molar-refractivity contribution in [2.24, 2.45) is 5.92 Å². The molecule has 5 heteroatoms. The van der Waals surface area contributed by atoms with E-state index in [1.165, 1.54) is 16.9 Å². The lowest BCUT2D eigenvalue weighted by Gasteiger charge is -2.18. The minimum Gasteiger partial charge on any atom is -0.351 e. The van der Waals surface area contributed by atoms with Crippen molar-refractivity contribution in [2.45, 2.75) is 39.5 Å². The van der Waals surface area contributed by atoms with Gasteiger partial charge in [-0.05, 0) is 43.7 Å². The Morgan fingerprint density at radius 2 is 2.20 bits per heavy atom. The zero-order valence-electron chi connectivity index (χ0n) is 12.3. The lowest BCUT2D eigenvalue weighted by Crippen LogP contribution is -2.32. The molecule has 0 radical (unpaired) electrons. The molecule has 114 valence electrons. The normalized spacial score (nSPS) is 17.2. The molecular weight excluding hydrogens is 292 g/mol. The first-order valence-electron chi connectivity index (χ1n) is 7.30. The van der Waals surface area contributed by atoms with E-state index in [2.05, 4.69) is 24.5 Å². The Labute approximate surface area is 131 Å². The summed E-state index contributed by atoms with van der Waals surface area (Å²) in [5.41, 5.74) is 2.23. The molecule has 20 heavy (non-hydrogen) atoms. The van der Waals surface area contributed by atoms with E-state index in [0.717, 1.165) is 43.8 Å². The first-order valence-corrected chi connectivity index (χ1v) is 8.18. The molecule has 1 heterocycles. The number of amides is 1. The van der Waals surface area contributed by atoms with E-state index in [1.807, 2.05) is 5.38 Å². The summed E-state index contributed by atoms with van der Waals surface area (Å²) in [6.45, 7) is 7.01. The molecule has 2 rings (SSSR count). The molecule has 1 atom stereocenters. The van der Waals surface area contributed by atoms with Crippen LogP contribution in [0.3, 0.4) is 0 Å². The van der Waals surface area contributed by atoms with Gasteiger partial charge in [0, 0.05) is 23.3 Å². The van der Waals surface area contributed by atoms with Gasteiger partial charge in [0.2, 0.25) is 0 Å². The maximum absolute atomic E-state index is 12.2. The third-order valence-electron chi connectivity index (χ3n) is 3.66. The summed E-state index contributed by atoms with van der Waals surface area (Å²) < 4.78 is 0. The summed E-state index contributed by atoms with van der Waals surface area (Å²) in [5, 5.41) is 8.34. The zero-order chi connectivity index (χ0) is 13.7. The average molecular weight is 317 g/mol. The van der Waals surface area contributed by atoms with Gasteiger partial charge in [-0.1, -0.05) is 13.8 Å². The minimum atomic E-state index is 0. The quantitative estimate of drug-likeness (QED) is 0.792. The second-order valence-electron chi connectivity index (χ2n) is 5.40. The van der Waals surface area contributed by atoms with Gasteiger partial charge in [-0.2, -0.15) is 0 Å². The van der Waals surface area contributed by atoms with Crippen molar-refractivity contribution in [2.75, 3.05) is 19.6 Å². The van der Waals surface area contributed by atoms with Crippen LogP contribution >= 0.6 is 23.7 Å². The smallest absolute Gasteiger partial charge is 0.252 e. The standard InChI is InChI=1S/C15H24N2OS.ClH/c1-3-6-16-7-8-17-15(18)13-10-19-14-9-11(2)4-5-12(13)14;/h10-11,16H,3-9H2,1-2H3,(H,17,18);1H. The van der Waals surface area contributed by atoms with Gasteiger partial charge >= 0.3 is 0 Å². The first kappa shape index (κ1) is 17.5. The van der Waals surface area contributed by atoms with Gasteiger partial charge in [0.1, 0.15) is 0 Å². The molecule has 1 unspecified atom stereocenters. The summed E-state index contributed by atoms with van der Waals surface area (Å²) in [7, 11) is 0. The van der Waals surface area contributed by atoms with Crippen LogP contribution in [0.1, 0.15) is 47.5 Å². The number of nitrogens with one attached hydrogen (secondary N) is 2. The van der Waals surface area contributed by atoms with Gasteiger partial charge in [0.05, 0.1) is 5.56 Å². The molecule has 0 bridgehead atoms. The predicted molar refractivity (Wildman–Crippen MR) is 88.2 cm³/mol. The van der Waals surface area contributed by atoms with E-state index in [-0.39, 0.29) is 18.3 Å². The van der Waals surface area contributed by atoms with E-state index < -0.39 is 0 Å². The van der Waals surface area contributed by atoms with Crippen LogP contribution in [0.2, 0.25) is 0 Å². The van der Waals surface area contributed by atoms with Crippen molar-refractivity contribution >= 4 is 29.7 Å². The number of rotatable bonds is 6. The van der Waals surface area contributed by atoms with Crippen LogP contribution < -0.4 is 10.6 Å². The highest BCUT2D eigenvalue weighted by molar-refractivity contribution is 7.10. The minimum absolute atomic E-state index is 0. The Morgan fingerprint density at radius 3 is 2.95 bits per heavy atom. The van der Waals surface area contributed by atoms with Crippen LogP contribution in [-0.4, -0.2) is 25.5 Å². The summed E-state index contributed by atoms with van der Waals surface area (Å²) in [5.74, 6) is 0.866. The Balaban J connectivity index is 0.00000200. The Bertz CT molecular complexity index is 434. The van der Waals surface area contributed by atoms with Crippen molar-refractivity contribution < 1.29 is 4.79 Å². The van der Waals surface area contributed by atoms with E-state index in [9.17, 15) is 4.79 Å². The van der Waals surface area contributed by atoms with Crippen LogP contribution in [0.4, 0.5) is 0 Å². The molecule has 1 aliphatic rings. The third kappa shape index (κ3) is 4.47. The van der Waals surface area contributed by atoms with Gasteiger partial charge in [-0.25, -0.2) is 0 Å². The van der Waals surface area contributed by atoms with E-state index in [1.54, 1.807) is 11.3 Å². The molecular formula is C15H25ClN2OS. The lowest BCUT2D eigenvalue weighted by atomic mass is 9.88. The Hall–Kier alpha value is -0.580. The van der Waals surface area contributed by atoms with E-state index in [0.29, 0.717) is 6.54 Å². The second-order valence-corrected chi connectivity index (χ2v) is 6.37. The van der Waals surface area contributed by atoms with Crippen LogP contribution in [0, 0.1) is 5.92 Å². The van der Waals surface area contributed by atoms with Gasteiger partial charge in [-0.3, -0.25) is 4.79 Å². The molecule has 1 aromatic rings. The molecule has 0 spiro atoms. The largest absolute Gasteiger partial charge is 0.351 e. The number of halogens is 1. The molecule has 1 aromatic heterocycles. The fourth-order valence-corrected chi connectivity index (χ4v) is 3.77. The molecule has 1 aliphatic carbocycles. The lowest BCUT2D eigenvalue weighted by molar-refractivity contribution is 0.0953. The van der Waals surface area contributed by atoms with Gasteiger partial charge in [0.25, 0.3) is 5.91 Å². The van der Waals surface area contributed by atoms with Crippen molar-refractivity contribution in [1.82, 2.24) is 10.6 Å². The highest BCUT2D eigenvalue weighted by atomic mass is 35.5. The molecule has 2 N–H and O–H groups in total. The number of thiophene rings is 1. The average Bonchev–Trinajstić information content (AvgIpc) is 2.81. The number of fused-ring (bicyclic) bond motifs is 1. The second kappa shape index (κ2) is 8.65. The fourth-order valence-electron chi connectivity index (χ4n) is 2.53. The van der Waals surface area contributed by atoms with E-state index >= 15 is 0 Å². The summed E-state index contributed by atoms with van der Waals surface area (Å²) >= 11 is 1.75. The van der Waals surface area contributed by atoms with Crippen molar-refractivity contribution in [3.8, 4) is 0 Å². The van der Waals surface area contributed by atoms with Crippen molar-refractivity contribution in [3.63, 3.8) is 0 Å². The monoisotopic (exact) mass is 316 g/mol. The van der Waals surface area contributed by atoms with Crippen LogP contribution in [0.25, 0.3) is 0 Å². The Kier molecular flexibility index (Phi) is 7.56. The molecule has 3 nitrogen and oxygen atoms in total. The molecule has 0 saturated heterocycles. The molecule has 0 aromatic carbocycles. The van der Waals surface area contributed by atoms with Gasteiger partial charge < -0.3 is 10.6 Å². The molecule has 0 aliphatic heterocycles. The number of hydrogen-bond donors (Lipinski definition) is 2. The SMILES string of the molecule is CCCNCCNC(=O)c1csc2c1CCC(C)C2.Cl. The topological polar surface area (TPSA) is 41.1 Å². The highest BCUT2D eigenvalue weighted by Gasteiger charge is 2.22. The molecule has 1 amide bonds. The molecule has 0 fully saturated rings. The van der Waals surface area contributed by atoms with Crippen molar-refractivity contribution in [3.05, 3.63) is 21.4 Å². The Morgan fingerprint density at radius 1 is 1.40 bits per heavy atom. The first-order chi connectivity index (χ1) is 9.22. The third-order valence-corrected chi connectivity index (χ3v) is 4.71. The van der Waals surface area contributed by atoms with Gasteiger partial charge in [-0.15, -0.1) is 23.7 Å². The zero-order valence-corrected chi connectivity index (χ0v) is 14.0. The summed E-state index contributed by atoms with van der Waals surface area (Å²) in [6, 6.07) is 0. The van der Waals surface area contributed by atoms with E-state index in [4.69, 9.17) is 0 Å². The summed E-state index contributed by atoms with van der Waals surface area (Å²) in [6.07, 6.45) is 4.55. The summed E-state index contributed by atoms with van der Waals surface area (Å²) in [4.78, 5) is 13.6. The number of hydrogen-bond acceptors (Lipinski definition) is 3. The molecule has 0 saturated carbocycles. The van der Waals surface area contributed by atoms with Crippen molar-refractivity contribution in [1.29, 1.82) is 0 Å². The van der Waals surface area contributed by atoms with Crippen LogP contribution in [0.5, 0.6) is 0 Å². The maximum Gasteiger partial charge on any atom is 0.252 e. The number of carbonyl (C=O) groups is 1.